The highest BCUT2D eigenvalue weighted by atomic mass is 16.3. The van der Waals surface area contributed by atoms with Gasteiger partial charge in [0, 0.05) is 31.4 Å². The van der Waals surface area contributed by atoms with Crippen LogP contribution in [0.15, 0.2) is 34.7 Å². The largest absolute Gasteiger partial charge is 0.461 e. The molecule has 4 heteroatoms. The molecule has 18 heavy (non-hydrogen) atoms. The van der Waals surface area contributed by atoms with E-state index in [9.17, 15) is 4.79 Å². The summed E-state index contributed by atoms with van der Waals surface area (Å²) in [6, 6.07) is 9.97. The normalized spacial score (nSPS) is 15.6. The van der Waals surface area contributed by atoms with Gasteiger partial charge in [0.05, 0.1) is 5.92 Å². The van der Waals surface area contributed by atoms with Gasteiger partial charge in [-0.25, -0.2) is 0 Å². The van der Waals surface area contributed by atoms with Crippen LogP contribution in [0.5, 0.6) is 0 Å². The number of hydrogen-bond donors (Lipinski definition) is 2. The van der Waals surface area contributed by atoms with Gasteiger partial charge >= 0.3 is 0 Å². The Hall–Kier alpha value is -1.81. The Bertz CT molecular complexity index is 525. The lowest BCUT2D eigenvalue weighted by molar-refractivity contribution is -0.126. The third kappa shape index (κ3) is 2.24. The summed E-state index contributed by atoms with van der Waals surface area (Å²) in [7, 11) is 0. The molecule has 1 amide bonds. The second-order valence-electron chi connectivity index (χ2n) is 4.65. The first kappa shape index (κ1) is 11.3. The zero-order chi connectivity index (χ0) is 12.4. The van der Waals surface area contributed by atoms with Gasteiger partial charge in [0.2, 0.25) is 5.91 Å². The van der Waals surface area contributed by atoms with E-state index in [2.05, 4.69) is 10.6 Å². The van der Waals surface area contributed by atoms with Gasteiger partial charge in [0.1, 0.15) is 11.3 Å². The van der Waals surface area contributed by atoms with Crippen LogP contribution in [0.4, 0.5) is 0 Å². The molecule has 1 aliphatic heterocycles. The van der Waals surface area contributed by atoms with E-state index in [0.717, 1.165) is 36.2 Å². The van der Waals surface area contributed by atoms with Crippen molar-refractivity contribution in [3.63, 3.8) is 0 Å². The van der Waals surface area contributed by atoms with Crippen molar-refractivity contribution < 1.29 is 9.21 Å². The summed E-state index contributed by atoms with van der Waals surface area (Å²) in [5, 5.41) is 7.14. The van der Waals surface area contributed by atoms with Crippen molar-refractivity contribution in [3.05, 3.63) is 36.1 Å². The second-order valence-corrected chi connectivity index (χ2v) is 4.65. The third-order valence-corrected chi connectivity index (χ3v) is 3.30. The molecule has 0 spiro atoms. The molecule has 2 N–H and O–H groups in total. The number of hydrogen-bond acceptors (Lipinski definition) is 3. The summed E-state index contributed by atoms with van der Waals surface area (Å²) in [5.74, 6) is 1.22. The molecule has 1 aliphatic rings. The molecular weight excluding hydrogens is 228 g/mol. The van der Waals surface area contributed by atoms with Gasteiger partial charge in [-0.2, -0.15) is 0 Å². The molecule has 1 saturated heterocycles. The minimum absolute atomic E-state index is 0.143. The van der Waals surface area contributed by atoms with Crippen LogP contribution >= 0.6 is 0 Å². The van der Waals surface area contributed by atoms with Crippen LogP contribution in [0.25, 0.3) is 11.0 Å². The number of para-hydroxylation sites is 1. The van der Waals surface area contributed by atoms with Gasteiger partial charge in [0.25, 0.3) is 0 Å². The fraction of sp³-hybridized carbons (Fsp3) is 0.357. The highest BCUT2D eigenvalue weighted by Gasteiger charge is 2.24. The summed E-state index contributed by atoms with van der Waals surface area (Å²) in [5.41, 5.74) is 0.905. The fourth-order valence-electron chi connectivity index (χ4n) is 2.09. The molecule has 0 atom stereocenters. The predicted molar refractivity (Wildman–Crippen MR) is 69.3 cm³/mol. The van der Waals surface area contributed by atoms with Gasteiger partial charge < -0.3 is 15.1 Å². The number of carbonyl (C=O) groups excluding carboxylic acids is 1. The summed E-state index contributed by atoms with van der Waals surface area (Å²) in [6.07, 6.45) is 0.737. The number of rotatable bonds is 4. The van der Waals surface area contributed by atoms with Gasteiger partial charge in [-0.05, 0) is 12.1 Å². The SMILES string of the molecule is O=C(NCCc1cc2ccccc2o1)C1CNC1. The minimum Gasteiger partial charge on any atom is -0.461 e. The summed E-state index contributed by atoms with van der Waals surface area (Å²) < 4.78 is 5.69. The highest BCUT2D eigenvalue weighted by Crippen LogP contribution is 2.18. The molecule has 1 aromatic carbocycles. The molecule has 1 aromatic heterocycles. The first-order valence-electron chi connectivity index (χ1n) is 6.29. The van der Waals surface area contributed by atoms with Crippen molar-refractivity contribution >= 4 is 16.9 Å². The Morgan fingerprint density at radius 3 is 2.94 bits per heavy atom. The average Bonchev–Trinajstić information content (AvgIpc) is 2.69. The molecule has 0 bridgehead atoms. The second kappa shape index (κ2) is 4.82. The van der Waals surface area contributed by atoms with Crippen molar-refractivity contribution in [2.45, 2.75) is 6.42 Å². The van der Waals surface area contributed by atoms with Crippen molar-refractivity contribution in [3.8, 4) is 0 Å². The maximum absolute atomic E-state index is 11.6. The van der Waals surface area contributed by atoms with Gasteiger partial charge in [-0.1, -0.05) is 18.2 Å². The molecule has 2 aromatic rings. The van der Waals surface area contributed by atoms with E-state index in [1.54, 1.807) is 0 Å². The van der Waals surface area contributed by atoms with Crippen LogP contribution in [0.2, 0.25) is 0 Å². The van der Waals surface area contributed by atoms with E-state index in [-0.39, 0.29) is 11.8 Å². The van der Waals surface area contributed by atoms with Crippen LogP contribution in [0.1, 0.15) is 5.76 Å². The maximum Gasteiger partial charge on any atom is 0.225 e. The van der Waals surface area contributed by atoms with Crippen molar-refractivity contribution in [2.24, 2.45) is 5.92 Å². The van der Waals surface area contributed by atoms with Crippen LogP contribution in [0, 0.1) is 5.92 Å². The number of benzene rings is 1. The van der Waals surface area contributed by atoms with Crippen molar-refractivity contribution in [1.82, 2.24) is 10.6 Å². The summed E-state index contributed by atoms with van der Waals surface area (Å²) in [4.78, 5) is 11.6. The van der Waals surface area contributed by atoms with Gasteiger partial charge in [-0.3, -0.25) is 4.79 Å². The van der Waals surface area contributed by atoms with Crippen LogP contribution in [-0.4, -0.2) is 25.5 Å². The zero-order valence-electron chi connectivity index (χ0n) is 10.1. The Labute approximate surface area is 105 Å². The lowest BCUT2D eigenvalue weighted by atomic mass is 10.0. The number of nitrogens with one attached hydrogen (secondary N) is 2. The van der Waals surface area contributed by atoms with E-state index >= 15 is 0 Å². The van der Waals surface area contributed by atoms with Crippen LogP contribution in [-0.2, 0) is 11.2 Å². The molecule has 0 radical (unpaired) electrons. The van der Waals surface area contributed by atoms with Crippen molar-refractivity contribution in [2.75, 3.05) is 19.6 Å². The van der Waals surface area contributed by atoms with E-state index in [1.807, 2.05) is 30.3 Å². The lowest BCUT2D eigenvalue weighted by Crippen LogP contribution is -2.51. The van der Waals surface area contributed by atoms with Crippen molar-refractivity contribution in [1.29, 1.82) is 0 Å². The van der Waals surface area contributed by atoms with E-state index < -0.39 is 0 Å². The number of furan rings is 1. The Balaban J connectivity index is 1.54. The van der Waals surface area contributed by atoms with E-state index in [4.69, 9.17) is 4.42 Å². The highest BCUT2D eigenvalue weighted by molar-refractivity contribution is 5.80. The Morgan fingerprint density at radius 1 is 1.39 bits per heavy atom. The topological polar surface area (TPSA) is 54.3 Å². The molecule has 4 nitrogen and oxygen atoms in total. The van der Waals surface area contributed by atoms with E-state index in [0.29, 0.717) is 6.54 Å². The molecule has 2 heterocycles. The first-order valence-corrected chi connectivity index (χ1v) is 6.29. The smallest absolute Gasteiger partial charge is 0.225 e. The summed E-state index contributed by atoms with van der Waals surface area (Å²) >= 11 is 0. The Kier molecular flexibility index (Phi) is 3.02. The van der Waals surface area contributed by atoms with Gasteiger partial charge in [-0.15, -0.1) is 0 Å². The number of fused-ring (bicyclic) bond motifs is 1. The number of carbonyl (C=O) groups is 1. The third-order valence-electron chi connectivity index (χ3n) is 3.30. The first-order chi connectivity index (χ1) is 8.83. The lowest BCUT2D eigenvalue weighted by Gasteiger charge is -2.25. The molecular formula is C14H16N2O2. The van der Waals surface area contributed by atoms with Crippen LogP contribution < -0.4 is 10.6 Å². The number of amides is 1. The fourth-order valence-corrected chi connectivity index (χ4v) is 2.09. The maximum atomic E-state index is 11.6. The standard InChI is InChI=1S/C14H16N2O2/c17-14(11-8-15-9-11)16-6-5-12-7-10-3-1-2-4-13(10)18-12/h1-4,7,11,15H,5-6,8-9H2,(H,16,17). The van der Waals surface area contributed by atoms with E-state index in [1.165, 1.54) is 0 Å². The summed E-state index contributed by atoms with van der Waals surface area (Å²) in [6.45, 7) is 2.24. The molecule has 0 saturated carbocycles. The quantitative estimate of drug-likeness (QED) is 0.852. The molecule has 94 valence electrons. The van der Waals surface area contributed by atoms with Crippen LogP contribution in [0.3, 0.4) is 0 Å². The Morgan fingerprint density at radius 2 is 2.22 bits per heavy atom. The predicted octanol–water partition coefficient (Wildman–Crippen LogP) is 1.31. The molecule has 1 fully saturated rings. The molecule has 0 unspecified atom stereocenters. The minimum atomic E-state index is 0.143. The van der Waals surface area contributed by atoms with Gasteiger partial charge in [0.15, 0.2) is 0 Å². The zero-order valence-corrected chi connectivity index (χ0v) is 10.1. The monoisotopic (exact) mass is 244 g/mol. The molecule has 3 rings (SSSR count). The average molecular weight is 244 g/mol. The molecule has 0 aliphatic carbocycles.